The Morgan fingerprint density at radius 2 is 0.968 bits per heavy atom. The van der Waals surface area contributed by atoms with Gasteiger partial charge in [0.15, 0.2) is 0 Å². The minimum atomic E-state index is -0.378. The zero-order chi connectivity index (χ0) is 21.8. The van der Waals surface area contributed by atoms with Crippen molar-refractivity contribution in [3.05, 3.63) is 118 Å². The summed E-state index contributed by atoms with van der Waals surface area (Å²) in [7, 11) is 0. The van der Waals surface area contributed by atoms with Crippen LogP contribution in [0, 0.1) is 11.6 Å². The van der Waals surface area contributed by atoms with Crippen molar-refractivity contribution in [2.45, 2.75) is 13.2 Å². The molecule has 5 heteroatoms. The zero-order valence-electron chi connectivity index (χ0n) is 16.4. The summed E-state index contributed by atoms with van der Waals surface area (Å²) in [5.74, 6) is -0.756. The van der Waals surface area contributed by atoms with Gasteiger partial charge in [-0.25, -0.2) is 8.78 Å². The summed E-state index contributed by atoms with van der Waals surface area (Å²) in [5, 5.41) is 0.917. The van der Waals surface area contributed by atoms with Crippen LogP contribution in [0.5, 0.6) is 0 Å². The van der Waals surface area contributed by atoms with E-state index in [9.17, 15) is 8.78 Å². The first kappa shape index (κ1) is 21.5. The van der Waals surface area contributed by atoms with E-state index in [1.807, 2.05) is 0 Å². The van der Waals surface area contributed by atoms with Crippen molar-refractivity contribution in [3.8, 4) is 22.3 Å². The van der Waals surface area contributed by atoms with Crippen LogP contribution in [0.2, 0.25) is 10.0 Å². The number of hydrogen-bond acceptors (Lipinski definition) is 1. The topological polar surface area (TPSA) is 9.23 Å². The van der Waals surface area contributed by atoms with Gasteiger partial charge >= 0.3 is 0 Å². The number of halogens is 4. The highest BCUT2D eigenvalue weighted by Gasteiger charge is 2.16. The van der Waals surface area contributed by atoms with Crippen LogP contribution < -0.4 is 0 Å². The Morgan fingerprint density at radius 3 is 1.39 bits per heavy atom. The van der Waals surface area contributed by atoms with E-state index in [4.69, 9.17) is 27.9 Å². The first-order valence-corrected chi connectivity index (χ1v) is 10.4. The third-order valence-electron chi connectivity index (χ3n) is 5.00. The Bertz CT molecular complexity index is 1130. The van der Waals surface area contributed by atoms with Gasteiger partial charge in [-0.1, -0.05) is 83.9 Å². The van der Waals surface area contributed by atoms with Crippen LogP contribution in [0.3, 0.4) is 0 Å². The molecule has 0 bridgehead atoms. The van der Waals surface area contributed by atoms with Gasteiger partial charge in [-0.15, -0.1) is 0 Å². The number of ether oxygens (including phenoxy) is 1. The maximum Gasteiger partial charge on any atom is 0.131 e. The van der Waals surface area contributed by atoms with Gasteiger partial charge in [0.1, 0.15) is 11.6 Å². The summed E-state index contributed by atoms with van der Waals surface area (Å²) in [6.07, 6.45) is 0. The van der Waals surface area contributed by atoms with Gasteiger partial charge in [0.25, 0.3) is 0 Å². The number of benzene rings is 4. The Kier molecular flexibility index (Phi) is 6.67. The smallest absolute Gasteiger partial charge is 0.131 e. The second-order valence-electron chi connectivity index (χ2n) is 7.00. The monoisotopic (exact) mass is 454 g/mol. The Morgan fingerprint density at radius 1 is 0.548 bits per heavy atom. The molecule has 0 saturated carbocycles. The quantitative estimate of drug-likeness (QED) is 0.284. The lowest BCUT2D eigenvalue weighted by atomic mass is 9.98. The van der Waals surface area contributed by atoms with E-state index >= 15 is 0 Å². The van der Waals surface area contributed by atoms with Crippen molar-refractivity contribution in [3.63, 3.8) is 0 Å². The zero-order valence-corrected chi connectivity index (χ0v) is 17.9. The molecular formula is C26H18Cl2F2O. The van der Waals surface area contributed by atoms with Crippen molar-refractivity contribution in [2.75, 3.05) is 0 Å². The minimum absolute atomic E-state index is 0.136. The summed E-state index contributed by atoms with van der Waals surface area (Å²) in [6, 6.07) is 23.8. The summed E-state index contributed by atoms with van der Waals surface area (Å²) < 4.78 is 35.2. The van der Waals surface area contributed by atoms with Crippen LogP contribution in [0.15, 0.2) is 84.9 Å². The van der Waals surface area contributed by atoms with Gasteiger partial charge in [-0.2, -0.15) is 0 Å². The van der Waals surface area contributed by atoms with Gasteiger partial charge in [0.2, 0.25) is 0 Å². The third-order valence-corrected chi connectivity index (χ3v) is 5.66. The lowest BCUT2D eigenvalue weighted by molar-refractivity contribution is 0.107. The Labute approximate surface area is 189 Å². The normalized spacial score (nSPS) is 11.0. The standard InChI is InChI=1S/C26H18Cl2F2O/c27-21-11-3-1-9-19(21)25-17(7-5-13-23(25)29)15-31-16-18-8-6-14-24(30)26(18)20-10-2-4-12-22(20)28/h1-14H,15-16H2. The van der Waals surface area contributed by atoms with Crippen molar-refractivity contribution in [1.82, 2.24) is 0 Å². The Hall–Kier alpha value is -2.72. The first-order valence-electron chi connectivity index (χ1n) is 9.68. The van der Waals surface area contributed by atoms with Crippen molar-refractivity contribution in [2.24, 2.45) is 0 Å². The van der Waals surface area contributed by atoms with Crippen LogP contribution in [0.1, 0.15) is 11.1 Å². The van der Waals surface area contributed by atoms with E-state index in [-0.39, 0.29) is 24.8 Å². The fourth-order valence-electron chi connectivity index (χ4n) is 3.58. The van der Waals surface area contributed by atoms with Gasteiger partial charge in [-0.3, -0.25) is 0 Å². The first-order chi connectivity index (χ1) is 15.1. The molecule has 0 aromatic heterocycles. The predicted molar refractivity (Wildman–Crippen MR) is 122 cm³/mol. The van der Waals surface area contributed by atoms with E-state index in [1.54, 1.807) is 72.8 Å². The molecule has 0 saturated heterocycles. The molecule has 0 amide bonds. The summed E-state index contributed by atoms with van der Waals surface area (Å²) in [4.78, 5) is 0. The molecule has 0 aliphatic carbocycles. The molecular weight excluding hydrogens is 437 g/mol. The minimum Gasteiger partial charge on any atom is -0.372 e. The molecule has 0 aliphatic heterocycles. The average Bonchev–Trinajstić information content (AvgIpc) is 2.76. The van der Waals surface area contributed by atoms with Crippen LogP contribution in [-0.2, 0) is 18.0 Å². The molecule has 0 heterocycles. The van der Waals surface area contributed by atoms with Crippen LogP contribution in [0.25, 0.3) is 22.3 Å². The molecule has 0 aliphatic rings. The van der Waals surface area contributed by atoms with Crippen LogP contribution in [0.4, 0.5) is 8.78 Å². The van der Waals surface area contributed by atoms with E-state index in [2.05, 4.69) is 0 Å². The molecule has 0 N–H and O–H groups in total. The van der Waals surface area contributed by atoms with Crippen LogP contribution in [-0.4, -0.2) is 0 Å². The molecule has 31 heavy (non-hydrogen) atoms. The molecule has 156 valence electrons. The SMILES string of the molecule is Fc1cccc(COCc2cccc(F)c2-c2ccccc2Cl)c1-c1ccccc1Cl. The summed E-state index contributed by atoms with van der Waals surface area (Å²) in [5.41, 5.74) is 3.32. The molecule has 0 atom stereocenters. The molecule has 4 rings (SSSR count). The van der Waals surface area contributed by atoms with E-state index in [0.717, 1.165) is 0 Å². The highest BCUT2D eigenvalue weighted by Crippen LogP contribution is 2.35. The van der Waals surface area contributed by atoms with E-state index in [0.29, 0.717) is 43.4 Å². The Balaban J connectivity index is 1.61. The maximum atomic E-state index is 14.7. The molecule has 0 spiro atoms. The molecule has 4 aromatic rings. The molecule has 1 nitrogen and oxygen atoms in total. The van der Waals surface area contributed by atoms with Crippen molar-refractivity contribution in [1.29, 1.82) is 0 Å². The van der Waals surface area contributed by atoms with Gasteiger partial charge in [-0.05, 0) is 35.4 Å². The third kappa shape index (κ3) is 4.64. The van der Waals surface area contributed by atoms with E-state index in [1.165, 1.54) is 12.1 Å². The lowest BCUT2D eigenvalue weighted by Crippen LogP contribution is -2.01. The molecule has 0 unspecified atom stereocenters. The largest absolute Gasteiger partial charge is 0.372 e. The second kappa shape index (κ2) is 9.61. The summed E-state index contributed by atoms with van der Waals surface area (Å²) >= 11 is 12.6. The van der Waals surface area contributed by atoms with E-state index < -0.39 is 0 Å². The van der Waals surface area contributed by atoms with Gasteiger partial charge in [0.05, 0.1) is 13.2 Å². The maximum absolute atomic E-state index is 14.7. The highest BCUT2D eigenvalue weighted by atomic mass is 35.5. The van der Waals surface area contributed by atoms with Crippen molar-refractivity contribution >= 4 is 23.2 Å². The predicted octanol–water partition coefficient (Wildman–Crippen LogP) is 8.32. The van der Waals surface area contributed by atoms with Crippen LogP contribution >= 0.6 is 23.2 Å². The molecule has 0 fully saturated rings. The second-order valence-corrected chi connectivity index (χ2v) is 7.81. The average molecular weight is 455 g/mol. The summed E-state index contributed by atoms with van der Waals surface area (Å²) in [6.45, 7) is 0.271. The fraction of sp³-hybridized carbons (Fsp3) is 0.0769. The van der Waals surface area contributed by atoms with Crippen molar-refractivity contribution < 1.29 is 13.5 Å². The fourth-order valence-corrected chi connectivity index (χ4v) is 4.04. The lowest BCUT2D eigenvalue weighted by Gasteiger charge is -2.15. The molecule has 4 aromatic carbocycles. The van der Waals surface area contributed by atoms with Gasteiger partial charge in [0, 0.05) is 32.3 Å². The number of hydrogen-bond donors (Lipinski definition) is 0. The number of rotatable bonds is 6. The highest BCUT2D eigenvalue weighted by molar-refractivity contribution is 6.33. The van der Waals surface area contributed by atoms with Gasteiger partial charge < -0.3 is 4.74 Å². The molecule has 0 radical (unpaired) electrons.